The van der Waals surface area contributed by atoms with E-state index in [1.807, 2.05) is 31.0 Å². The van der Waals surface area contributed by atoms with Gasteiger partial charge in [0.15, 0.2) is 0 Å². The molecule has 1 aromatic heterocycles. The molecule has 15 heavy (non-hydrogen) atoms. The van der Waals surface area contributed by atoms with E-state index in [4.69, 9.17) is 4.42 Å². The van der Waals surface area contributed by atoms with E-state index in [-0.39, 0.29) is 11.9 Å². The molecule has 0 spiro atoms. The van der Waals surface area contributed by atoms with Gasteiger partial charge in [0, 0.05) is 6.54 Å². The molecule has 0 aliphatic rings. The molecule has 0 aromatic carbocycles. The molecular weight excluding hydrogens is 194 g/mol. The van der Waals surface area contributed by atoms with Gasteiger partial charge in [0.2, 0.25) is 0 Å². The molecular formula is C11H17NO3. The lowest BCUT2D eigenvalue weighted by Gasteiger charge is -2.18. The van der Waals surface area contributed by atoms with Crippen LogP contribution in [0.15, 0.2) is 22.8 Å². The lowest BCUT2D eigenvalue weighted by molar-refractivity contribution is -0.145. The Balaban J connectivity index is 2.35. The Bertz CT molecular complexity index is 295. The number of hydrogen-bond acceptors (Lipinski definition) is 4. The number of carbonyl (C=O) groups is 1. The van der Waals surface area contributed by atoms with Gasteiger partial charge in [-0.3, -0.25) is 9.69 Å². The maximum absolute atomic E-state index is 11.2. The van der Waals surface area contributed by atoms with E-state index < -0.39 is 0 Å². The number of ether oxygens (including phenoxy) is 1. The molecule has 1 atom stereocenters. The molecule has 4 nitrogen and oxygen atoms in total. The second-order valence-corrected chi connectivity index (χ2v) is 3.70. The standard InChI is InChI=1S/C11H17NO3/c1-9(11(13)14-3)7-12(2)8-10-5-4-6-15-10/h4-6,9H,7-8H2,1-3H3/t9-/m1/s1. The summed E-state index contributed by atoms with van der Waals surface area (Å²) in [6, 6.07) is 3.77. The van der Waals surface area contributed by atoms with Crippen molar-refractivity contribution in [1.82, 2.24) is 4.90 Å². The zero-order valence-electron chi connectivity index (χ0n) is 9.40. The predicted molar refractivity (Wildman–Crippen MR) is 56.2 cm³/mol. The summed E-state index contributed by atoms with van der Waals surface area (Å²) in [7, 11) is 3.35. The summed E-state index contributed by atoms with van der Waals surface area (Å²) < 4.78 is 9.87. The van der Waals surface area contributed by atoms with Crippen LogP contribution in [0.25, 0.3) is 0 Å². The maximum atomic E-state index is 11.2. The molecule has 4 heteroatoms. The van der Waals surface area contributed by atoms with E-state index in [1.54, 1.807) is 6.26 Å². The summed E-state index contributed by atoms with van der Waals surface area (Å²) in [5.74, 6) is 0.603. The van der Waals surface area contributed by atoms with Crippen molar-refractivity contribution in [1.29, 1.82) is 0 Å². The Kier molecular flexibility index (Phi) is 4.37. The van der Waals surface area contributed by atoms with E-state index in [0.29, 0.717) is 13.1 Å². The molecule has 0 saturated carbocycles. The van der Waals surface area contributed by atoms with Gasteiger partial charge in [0.25, 0.3) is 0 Å². The summed E-state index contributed by atoms with van der Waals surface area (Å²) in [5.41, 5.74) is 0. The van der Waals surface area contributed by atoms with E-state index in [9.17, 15) is 4.79 Å². The van der Waals surface area contributed by atoms with Crippen molar-refractivity contribution in [2.24, 2.45) is 5.92 Å². The topological polar surface area (TPSA) is 42.7 Å². The summed E-state index contributed by atoms with van der Waals surface area (Å²) >= 11 is 0. The molecule has 84 valence electrons. The Labute approximate surface area is 89.8 Å². The number of esters is 1. The first-order chi connectivity index (χ1) is 7.13. The van der Waals surface area contributed by atoms with Gasteiger partial charge >= 0.3 is 5.97 Å². The minimum atomic E-state index is -0.179. The Morgan fingerprint density at radius 3 is 2.93 bits per heavy atom. The zero-order chi connectivity index (χ0) is 11.3. The first-order valence-electron chi connectivity index (χ1n) is 4.92. The third-order valence-electron chi connectivity index (χ3n) is 2.19. The van der Waals surface area contributed by atoms with Gasteiger partial charge in [0.1, 0.15) is 5.76 Å². The van der Waals surface area contributed by atoms with E-state index >= 15 is 0 Å². The molecule has 0 N–H and O–H groups in total. The molecule has 0 aliphatic carbocycles. The van der Waals surface area contributed by atoms with Gasteiger partial charge in [0.05, 0.1) is 25.8 Å². The van der Waals surface area contributed by atoms with Crippen LogP contribution >= 0.6 is 0 Å². The fourth-order valence-corrected chi connectivity index (χ4v) is 1.48. The van der Waals surface area contributed by atoms with Crippen molar-refractivity contribution in [2.45, 2.75) is 13.5 Å². The average molecular weight is 211 g/mol. The van der Waals surface area contributed by atoms with Gasteiger partial charge in [-0.2, -0.15) is 0 Å². The molecule has 0 amide bonds. The van der Waals surface area contributed by atoms with E-state index in [0.717, 1.165) is 5.76 Å². The van der Waals surface area contributed by atoms with Gasteiger partial charge in [-0.05, 0) is 19.2 Å². The lowest BCUT2D eigenvalue weighted by Crippen LogP contribution is -2.28. The van der Waals surface area contributed by atoms with Crippen LogP contribution in [-0.4, -0.2) is 31.6 Å². The van der Waals surface area contributed by atoms with Crippen molar-refractivity contribution in [2.75, 3.05) is 20.7 Å². The lowest BCUT2D eigenvalue weighted by atomic mass is 10.2. The second-order valence-electron chi connectivity index (χ2n) is 3.70. The number of rotatable bonds is 5. The van der Waals surface area contributed by atoms with Crippen LogP contribution in [0.3, 0.4) is 0 Å². The maximum Gasteiger partial charge on any atom is 0.309 e. The summed E-state index contributed by atoms with van der Waals surface area (Å²) in [6.07, 6.45) is 1.65. The monoisotopic (exact) mass is 211 g/mol. The third-order valence-corrected chi connectivity index (χ3v) is 2.19. The second kappa shape index (κ2) is 5.56. The molecule has 0 unspecified atom stereocenters. The van der Waals surface area contributed by atoms with Crippen LogP contribution in [0.4, 0.5) is 0 Å². The molecule has 0 fully saturated rings. The first-order valence-corrected chi connectivity index (χ1v) is 4.92. The fourth-order valence-electron chi connectivity index (χ4n) is 1.48. The summed E-state index contributed by atoms with van der Waals surface area (Å²) in [4.78, 5) is 13.2. The van der Waals surface area contributed by atoms with Crippen LogP contribution in [0.2, 0.25) is 0 Å². The van der Waals surface area contributed by atoms with Crippen molar-refractivity contribution in [3.8, 4) is 0 Å². The van der Waals surface area contributed by atoms with Crippen molar-refractivity contribution in [3.63, 3.8) is 0 Å². The minimum Gasteiger partial charge on any atom is -0.469 e. The minimum absolute atomic E-state index is 0.116. The zero-order valence-corrected chi connectivity index (χ0v) is 9.40. The third kappa shape index (κ3) is 3.75. The number of carbonyl (C=O) groups excluding carboxylic acids is 1. The average Bonchev–Trinajstić information content (AvgIpc) is 2.68. The summed E-state index contributed by atoms with van der Waals surface area (Å²) in [5, 5.41) is 0. The summed E-state index contributed by atoms with van der Waals surface area (Å²) in [6.45, 7) is 3.21. The molecule has 1 rings (SSSR count). The predicted octanol–water partition coefficient (Wildman–Crippen LogP) is 1.52. The number of methoxy groups -OCH3 is 1. The molecule has 1 aromatic rings. The Morgan fingerprint density at radius 1 is 1.67 bits per heavy atom. The fraction of sp³-hybridized carbons (Fsp3) is 0.545. The SMILES string of the molecule is COC(=O)[C@H](C)CN(C)Cc1ccco1. The van der Waals surface area contributed by atoms with Crippen molar-refractivity contribution < 1.29 is 13.9 Å². The normalized spacial score (nSPS) is 12.8. The van der Waals surface area contributed by atoms with Gasteiger partial charge in [-0.1, -0.05) is 6.92 Å². The van der Waals surface area contributed by atoms with Crippen molar-refractivity contribution >= 4 is 5.97 Å². The van der Waals surface area contributed by atoms with Crippen LogP contribution < -0.4 is 0 Å². The van der Waals surface area contributed by atoms with Gasteiger partial charge in [-0.25, -0.2) is 0 Å². The molecule has 0 bridgehead atoms. The first kappa shape index (κ1) is 11.8. The van der Waals surface area contributed by atoms with Crippen LogP contribution in [0, 0.1) is 5.92 Å². The van der Waals surface area contributed by atoms with Crippen LogP contribution in [0.1, 0.15) is 12.7 Å². The molecule has 0 radical (unpaired) electrons. The smallest absolute Gasteiger partial charge is 0.309 e. The highest BCUT2D eigenvalue weighted by Crippen LogP contribution is 2.06. The van der Waals surface area contributed by atoms with E-state index in [2.05, 4.69) is 4.74 Å². The Morgan fingerprint density at radius 2 is 2.40 bits per heavy atom. The number of furan rings is 1. The highest BCUT2D eigenvalue weighted by molar-refractivity contribution is 5.71. The van der Waals surface area contributed by atoms with Gasteiger partial charge in [-0.15, -0.1) is 0 Å². The molecule has 1 heterocycles. The van der Waals surface area contributed by atoms with Gasteiger partial charge < -0.3 is 9.15 Å². The highest BCUT2D eigenvalue weighted by Gasteiger charge is 2.15. The quantitative estimate of drug-likeness (QED) is 0.692. The van der Waals surface area contributed by atoms with E-state index in [1.165, 1.54) is 7.11 Å². The highest BCUT2D eigenvalue weighted by atomic mass is 16.5. The van der Waals surface area contributed by atoms with Crippen LogP contribution in [0.5, 0.6) is 0 Å². The molecule has 0 saturated heterocycles. The number of nitrogens with zero attached hydrogens (tertiary/aromatic N) is 1. The largest absolute Gasteiger partial charge is 0.469 e. The number of hydrogen-bond donors (Lipinski definition) is 0. The Hall–Kier alpha value is -1.29. The van der Waals surface area contributed by atoms with Crippen LogP contribution in [-0.2, 0) is 16.1 Å². The van der Waals surface area contributed by atoms with Crippen molar-refractivity contribution in [3.05, 3.63) is 24.2 Å². The molecule has 0 aliphatic heterocycles.